The van der Waals surface area contributed by atoms with Crippen LogP contribution in [0.4, 0.5) is 0 Å². The van der Waals surface area contributed by atoms with Crippen molar-refractivity contribution in [1.82, 2.24) is 0 Å². The van der Waals surface area contributed by atoms with Crippen molar-refractivity contribution in [1.29, 1.82) is 0 Å². The molecule has 0 saturated heterocycles. The second kappa shape index (κ2) is 6.78. The fourth-order valence-corrected chi connectivity index (χ4v) is 0.680. The Morgan fingerprint density at radius 1 is 1.70 bits per heavy atom. The van der Waals surface area contributed by atoms with E-state index >= 15 is 0 Å². The predicted molar refractivity (Wildman–Crippen MR) is 43.6 cm³/mol. The van der Waals surface area contributed by atoms with Crippen molar-refractivity contribution >= 4 is 0 Å². The molecule has 0 aromatic heterocycles. The molecule has 0 rings (SSSR count). The van der Waals surface area contributed by atoms with Crippen LogP contribution in [0.1, 0.15) is 26.2 Å². The number of unbranched alkanes of at least 4 members (excludes halogenated alkanes) is 1. The Balaban J connectivity index is 3.07. The van der Waals surface area contributed by atoms with E-state index in [9.17, 15) is 0 Å². The van der Waals surface area contributed by atoms with Crippen LogP contribution in [0.5, 0.6) is 0 Å². The van der Waals surface area contributed by atoms with Crippen LogP contribution in [0.3, 0.4) is 0 Å². The van der Waals surface area contributed by atoms with Crippen LogP contribution in [-0.4, -0.2) is 12.8 Å². The Bertz CT molecular complexity index is 83.3. The summed E-state index contributed by atoms with van der Waals surface area (Å²) in [5.74, 6) is 0. The summed E-state index contributed by atoms with van der Waals surface area (Å²) in [6, 6.07) is 0. The Morgan fingerprint density at radius 2 is 2.40 bits per heavy atom. The van der Waals surface area contributed by atoms with Gasteiger partial charge in [0.25, 0.3) is 0 Å². The second-order valence-electron chi connectivity index (χ2n) is 2.30. The number of ether oxygens (including phenoxy) is 1. The third kappa shape index (κ3) is 5.79. The van der Waals surface area contributed by atoms with Crippen molar-refractivity contribution in [3.63, 3.8) is 0 Å². The molecule has 0 bridgehead atoms. The van der Waals surface area contributed by atoms with E-state index in [1.54, 1.807) is 6.08 Å². The molecule has 0 heterocycles. The predicted octanol–water partition coefficient (Wildman–Crippen LogP) is 1.66. The SMILES string of the molecule is C=CCOC(N)CCCC. The van der Waals surface area contributed by atoms with Gasteiger partial charge in [0, 0.05) is 0 Å². The van der Waals surface area contributed by atoms with Crippen molar-refractivity contribution < 1.29 is 4.74 Å². The summed E-state index contributed by atoms with van der Waals surface area (Å²) in [4.78, 5) is 0. The first-order valence-corrected chi connectivity index (χ1v) is 3.79. The zero-order valence-corrected chi connectivity index (χ0v) is 6.68. The van der Waals surface area contributed by atoms with E-state index in [-0.39, 0.29) is 6.23 Å². The Hall–Kier alpha value is -0.340. The first kappa shape index (κ1) is 9.66. The Kier molecular flexibility index (Phi) is 6.55. The molecule has 0 aliphatic rings. The van der Waals surface area contributed by atoms with E-state index in [1.165, 1.54) is 6.42 Å². The van der Waals surface area contributed by atoms with Gasteiger partial charge in [0.2, 0.25) is 0 Å². The van der Waals surface area contributed by atoms with Gasteiger partial charge in [-0.15, -0.1) is 6.58 Å². The fraction of sp³-hybridized carbons (Fsp3) is 0.750. The van der Waals surface area contributed by atoms with Gasteiger partial charge in [-0.05, 0) is 12.8 Å². The van der Waals surface area contributed by atoms with Crippen molar-refractivity contribution in [2.24, 2.45) is 5.73 Å². The maximum absolute atomic E-state index is 5.58. The van der Waals surface area contributed by atoms with Gasteiger partial charge in [0.1, 0.15) is 6.23 Å². The largest absolute Gasteiger partial charge is 0.360 e. The van der Waals surface area contributed by atoms with Gasteiger partial charge in [0.15, 0.2) is 0 Å². The molecule has 2 nitrogen and oxygen atoms in total. The van der Waals surface area contributed by atoms with Crippen LogP contribution in [-0.2, 0) is 4.74 Å². The zero-order chi connectivity index (χ0) is 7.82. The quantitative estimate of drug-likeness (QED) is 0.453. The molecule has 10 heavy (non-hydrogen) atoms. The van der Waals surface area contributed by atoms with Crippen molar-refractivity contribution in [3.05, 3.63) is 12.7 Å². The molecule has 1 atom stereocenters. The molecule has 0 aromatic carbocycles. The first-order valence-electron chi connectivity index (χ1n) is 3.79. The summed E-state index contributed by atoms with van der Waals surface area (Å²) >= 11 is 0. The zero-order valence-electron chi connectivity index (χ0n) is 6.68. The summed E-state index contributed by atoms with van der Waals surface area (Å²) < 4.78 is 5.15. The van der Waals surface area contributed by atoms with Crippen LogP contribution < -0.4 is 5.73 Å². The molecule has 0 radical (unpaired) electrons. The van der Waals surface area contributed by atoms with Crippen LogP contribution in [0.25, 0.3) is 0 Å². The van der Waals surface area contributed by atoms with Crippen molar-refractivity contribution in [2.75, 3.05) is 6.61 Å². The highest BCUT2D eigenvalue weighted by atomic mass is 16.5. The molecule has 0 saturated carbocycles. The molecule has 2 heteroatoms. The van der Waals surface area contributed by atoms with Crippen molar-refractivity contribution in [2.45, 2.75) is 32.4 Å². The molecule has 1 unspecified atom stereocenters. The smallest absolute Gasteiger partial charge is 0.106 e. The lowest BCUT2D eigenvalue weighted by Crippen LogP contribution is -2.23. The molecule has 0 fully saturated rings. The van der Waals surface area contributed by atoms with Gasteiger partial charge in [-0.25, -0.2) is 0 Å². The molecule has 0 aliphatic heterocycles. The highest BCUT2D eigenvalue weighted by Crippen LogP contribution is 1.98. The summed E-state index contributed by atoms with van der Waals surface area (Å²) in [6.45, 7) is 6.23. The van der Waals surface area contributed by atoms with Crippen LogP contribution in [0.2, 0.25) is 0 Å². The lowest BCUT2D eigenvalue weighted by molar-refractivity contribution is 0.0713. The van der Waals surface area contributed by atoms with Gasteiger partial charge >= 0.3 is 0 Å². The van der Waals surface area contributed by atoms with E-state index in [1.807, 2.05) is 0 Å². The van der Waals surface area contributed by atoms with E-state index in [2.05, 4.69) is 13.5 Å². The third-order valence-corrected chi connectivity index (χ3v) is 1.27. The number of rotatable bonds is 6. The molecule has 2 N–H and O–H groups in total. The summed E-state index contributed by atoms with van der Waals surface area (Å²) in [7, 11) is 0. The number of hydrogen-bond donors (Lipinski definition) is 1. The average Bonchev–Trinajstić information content (AvgIpc) is 1.97. The van der Waals surface area contributed by atoms with E-state index < -0.39 is 0 Å². The topological polar surface area (TPSA) is 35.2 Å². The van der Waals surface area contributed by atoms with Gasteiger partial charge in [-0.1, -0.05) is 19.4 Å². The molecule has 60 valence electrons. The summed E-state index contributed by atoms with van der Waals surface area (Å²) in [5, 5.41) is 0. The van der Waals surface area contributed by atoms with Crippen LogP contribution in [0.15, 0.2) is 12.7 Å². The maximum atomic E-state index is 5.58. The minimum Gasteiger partial charge on any atom is -0.360 e. The molecule has 0 aromatic rings. The lowest BCUT2D eigenvalue weighted by atomic mass is 10.2. The highest BCUT2D eigenvalue weighted by molar-refractivity contribution is 4.64. The Morgan fingerprint density at radius 3 is 2.90 bits per heavy atom. The van der Waals surface area contributed by atoms with E-state index in [0.717, 1.165) is 12.8 Å². The Labute approximate surface area is 63.1 Å². The molecule has 0 spiro atoms. The minimum atomic E-state index is -0.0991. The first-order chi connectivity index (χ1) is 4.81. The summed E-state index contributed by atoms with van der Waals surface area (Å²) in [6.07, 6.45) is 4.87. The van der Waals surface area contributed by atoms with Crippen LogP contribution >= 0.6 is 0 Å². The van der Waals surface area contributed by atoms with Crippen LogP contribution in [0, 0.1) is 0 Å². The number of nitrogens with two attached hydrogens (primary N) is 1. The monoisotopic (exact) mass is 143 g/mol. The van der Waals surface area contributed by atoms with E-state index in [4.69, 9.17) is 10.5 Å². The van der Waals surface area contributed by atoms with Gasteiger partial charge in [-0.2, -0.15) is 0 Å². The van der Waals surface area contributed by atoms with Gasteiger partial charge in [0.05, 0.1) is 6.61 Å². The molecular formula is C8H17NO. The molecule has 0 aliphatic carbocycles. The standard InChI is InChI=1S/C8H17NO/c1-3-5-6-8(9)10-7-4-2/h4,8H,2-3,5-7,9H2,1H3. The summed E-state index contributed by atoms with van der Waals surface area (Å²) in [5.41, 5.74) is 5.58. The fourth-order valence-electron chi connectivity index (χ4n) is 0.680. The average molecular weight is 143 g/mol. The minimum absolute atomic E-state index is 0.0991. The van der Waals surface area contributed by atoms with Crippen molar-refractivity contribution in [3.8, 4) is 0 Å². The molecular weight excluding hydrogens is 126 g/mol. The third-order valence-electron chi connectivity index (χ3n) is 1.27. The number of hydrogen-bond acceptors (Lipinski definition) is 2. The second-order valence-corrected chi connectivity index (χ2v) is 2.30. The normalized spacial score (nSPS) is 13.0. The maximum Gasteiger partial charge on any atom is 0.106 e. The molecule has 0 amide bonds. The van der Waals surface area contributed by atoms with Gasteiger partial charge in [-0.3, -0.25) is 0 Å². The lowest BCUT2D eigenvalue weighted by Gasteiger charge is -2.09. The highest BCUT2D eigenvalue weighted by Gasteiger charge is 1.98. The van der Waals surface area contributed by atoms with E-state index in [0.29, 0.717) is 6.61 Å². The van der Waals surface area contributed by atoms with Gasteiger partial charge < -0.3 is 10.5 Å².